The summed E-state index contributed by atoms with van der Waals surface area (Å²) < 4.78 is 24.0. The molecule has 0 saturated carbocycles. The molecule has 7 heteroatoms. The number of carbonyl (C=O) groups excluding carboxylic acids is 1. The highest BCUT2D eigenvalue weighted by Crippen LogP contribution is 2.21. The molecule has 1 fully saturated rings. The van der Waals surface area contributed by atoms with E-state index in [0.717, 1.165) is 0 Å². The molecule has 0 bridgehead atoms. The first-order valence-electron chi connectivity index (χ1n) is 7.84. The summed E-state index contributed by atoms with van der Waals surface area (Å²) >= 11 is 0. The van der Waals surface area contributed by atoms with Crippen molar-refractivity contribution >= 4 is 5.91 Å². The first-order valence-corrected chi connectivity index (χ1v) is 7.84. The largest absolute Gasteiger partial charge is 0.488 e. The molecule has 1 aromatic heterocycles. The van der Waals surface area contributed by atoms with Crippen LogP contribution in [0.5, 0.6) is 5.75 Å². The summed E-state index contributed by atoms with van der Waals surface area (Å²) in [5, 5.41) is 10.3. The van der Waals surface area contributed by atoms with E-state index in [9.17, 15) is 14.3 Å². The van der Waals surface area contributed by atoms with E-state index in [1.807, 2.05) is 0 Å². The zero-order valence-corrected chi connectivity index (χ0v) is 13.3. The first-order chi connectivity index (χ1) is 11.5. The summed E-state index contributed by atoms with van der Waals surface area (Å²) in [4.78, 5) is 18.1. The summed E-state index contributed by atoms with van der Waals surface area (Å²) in [7, 11) is 0. The maximum atomic E-state index is 13.3. The second kappa shape index (κ2) is 7.00. The van der Waals surface area contributed by atoms with Crippen molar-refractivity contribution < 1.29 is 23.4 Å². The van der Waals surface area contributed by atoms with Gasteiger partial charge in [0.05, 0.1) is 6.10 Å². The van der Waals surface area contributed by atoms with Gasteiger partial charge in [0.2, 0.25) is 0 Å². The lowest BCUT2D eigenvalue weighted by molar-refractivity contribution is 0.0348. The molecule has 1 aromatic carbocycles. The van der Waals surface area contributed by atoms with Crippen LogP contribution in [0.15, 0.2) is 35.1 Å². The summed E-state index contributed by atoms with van der Waals surface area (Å²) in [5.74, 6) is 0.220. The number of aryl methyl sites for hydroxylation is 1. The maximum Gasteiger partial charge on any atom is 0.276 e. The number of halogens is 1. The van der Waals surface area contributed by atoms with Gasteiger partial charge in [-0.25, -0.2) is 9.37 Å². The van der Waals surface area contributed by atoms with E-state index in [2.05, 4.69) is 4.98 Å². The number of benzene rings is 1. The van der Waals surface area contributed by atoms with Crippen LogP contribution in [-0.2, 0) is 0 Å². The second-order valence-electron chi connectivity index (χ2n) is 5.81. The van der Waals surface area contributed by atoms with Crippen molar-refractivity contribution in [3.63, 3.8) is 0 Å². The van der Waals surface area contributed by atoms with Gasteiger partial charge in [-0.15, -0.1) is 0 Å². The number of likely N-dealkylation sites (tertiary alicyclic amines) is 1. The van der Waals surface area contributed by atoms with Gasteiger partial charge in [-0.2, -0.15) is 0 Å². The lowest BCUT2D eigenvalue weighted by atomic mass is 10.1. The smallest absolute Gasteiger partial charge is 0.276 e. The van der Waals surface area contributed by atoms with Crippen LogP contribution in [0, 0.1) is 12.7 Å². The van der Waals surface area contributed by atoms with Crippen molar-refractivity contribution in [1.82, 2.24) is 9.88 Å². The summed E-state index contributed by atoms with van der Waals surface area (Å²) in [6.07, 6.45) is 0.834. The highest BCUT2D eigenvalue weighted by atomic mass is 19.1. The van der Waals surface area contributed by atoms with Gasteiger partial charge in [0.25, 0.3) is 5.91 Å². The molecule has 2 atom stereocenters. The first kappa shape index (κ1) is 16.4. The zero-order valence-electron chi connectivity index (χ0n) is 13.3. The van der Waals surface area contributed by atoms with Crippen molar-refractivity contribution in [3.05, 3.63) is 47.9 Å². The highest BCUT2D eigenvalue weighted by Gasteiger charge is 2.30. The van der Waals surface area contributed by atoms with Crippen LogP contribution in [0.3, 0.4) is 0 Å². The van der Waals surface area contributed by atoms with Crippen LogP contribution >= 0.6 is 0 Å². The van der Waals surface area contributed by atoms with E-state index in [-0.39, 0.29) is 11.6 Å². The average molecular weight is 334 g/mol. The lowest BCUT2D eigenvalue weighted by Crippen LogP contribution is -2.33. The minimum atomic E-state index is -0.732. The Morgan fingerprint density at radius 2 is 2.21 bits per heavy atom. The Hall–Kier alpha value is -2.41. The second-order valence-corrected chi connectivity index (χ2v) is 5.81. The Morgan fingerprint density at radius 3 is 2.92 bits per heavy atom. The predicted molar refractivity (Wildman–Crippen MR) is 83.2 cm³/mol. The van der Waals surface area contributed by atoms with Gasteiger partial charge in [-0.1, -0.05) is 6.07 Å². The van der Waals surface area contributed by atoms with Crippen LogP contribution in [0.4, 0.5) is 4.39 Å². The number of oxazole rings is 1. The SMILES string of the molecule is Cc1ocnc1C(=O)N1CC[C@H](Oc2cccc(F)c2)[C@@H](O)CC1. The Labute approximate surface area is 138 Å². The lowest BCUT2D eigenvalue weighted by Gasteiger charge is -2.21. The normalized spacial score (nSPS) is 21.4. The van der Waals surface area contributed by atoms with Gasteiger partial charge in [-0.05, 0) is 25.5 Å². The highest BCUT2D eigenvalue weighted by molar-refractivity contribution is 5.93. The van der Waals surface area contributed by atoms with Crippen molar-refractivity contribution in [3.8, 4) is 5.75 Å². The Morgan fingerprint density at radius 1 is 1.42 bits per heavy atom. The van der Waals surface area contributed by atoms with Crippen LogP contribution < -0.4 is 4.74 Å². The van der Waals surface area contributed by atoms with Gasteiger partial charge >= 0.3 is 0 Å². The summed E-state index contributed by atoms with van der Waals surface area (Å²) in [6.45, 7) is 2.50. The third-order valence-electron chi connectivity index (χ3n) is 4.13. The number of aliphatic hydroxyl groups excluding tert-OH is 1. The van der Waals surface area contributed by atoms with E-state index in [0.29, 0.717) is 37.4 Å². The molecule has 0 aliphatic carbocycles. The van der Waals surface area contributed by atoms with E-state index in [1.165, 1.54) is 18.5 Å². The molecule has 2 aromatic rings. The van der Waals surface area contributed by atoms with Gasteiger partial charge < -0.3 is 19.2 Å². The average Bonchev–Trinajstić information content (AvgIpc) is 2.90. The van der Waals surface area contributed by atoms with E-state index < -0.39 is 18.0 Å². The van der Waals surface area contributed by atoms with Crippen molar-refractivity contribution in [2.24, 2.45) is 0 Å². The Kier molecular flexibility index (Phi) is 4.80. The molecule has 24 heavy (non-hydrogen) atoms. The topological polar surface area (TPSA) is 75.8 Å². The number of hydrogen-bond donors (Lipinski definition) is 1. The number of carbonyl (C=O) groups is 1. The quantitative estimate of drug-likeness (QED) is 0.931. The van der Waals surface area contributed by atoms with Crippen molar-refractivity contribution in [1.29, 1.82) is 0 Å². The molecule has 1 N–H and O–H groups in total. The number of ether oxygens (including phenoxy) is 1. The molecule has 1 aliphatic rings. The molecule has 0 spiro atoms. The van der Waals surface area contributed by atoms with Gasteiger partial charge in [0, 0.05) is 25.6 Å². The number of aliphatic hydroxyl groups is 1. The number of rotatable bonds is 3. The Bertz CT molecular complexity index is 718. The van der Waals surface area contributed by atoms with Gasteiger partial charge in [-0.3, -0.25) is 4.79 Å². The molecule has 0 radical (unpaired) electrons. The van der Waals surface area contributed by atoms with Crippen molar-refractivity contribution in [2.45, 2.75) is 32.0 Å². The fraction of sp³-hybridized carbons (Fsp3) is 0.412. The molecule has 1 saturated heterocycles. The maximum absolute atomic E-state index is 13.3. The molecule has 6 nitrogen and oxygen atoms in total. The third kappa shape index (κ3) is 3.56. The molecule has 0 unspecified atom stereocenters. The van der Waals surface area contributed by atoms with E-state index in [1.54, 1.807) is 24.0 Å². The third-order valence-corrected chi connectivity index (χ3v) is 4.13. The molecule has 1 aliphatic heterocycles. The number of aromatic nitrogens is 1. The summed E-state index contributed by atoms with van der Waals surface area (Å²) in [6, 6.07) is 5.80. The van der Waals surface area contributed by atoms with Crippen LogP contribution in [-0.4, -0.2) is 46.2 Å². The Balaban J connectivity index is 1.67. The number of amides is 1. The van der Waals surface area contributed by atoms with Crippen LogP contribution in [0.25, 0.3) is 0 Å². The molecule has 128 valence electrons. The van der Waals surface area contributed by atoms with Gasteiger partial charge in [0.1, 0.15) is 23.4 Å². The summed E-state index contributed by atoms with van der Waals surface area (Å²) in [5.41, 5.74) is 0.286. The minimum absolute atomic E-state index is 0.222. The van der Waals surface area contributed by atoms with Crippen molar-refractivity contribution in [2.75, 3.05) is 13.1 Å². The molecule has 1 amide bonds. The molecular weight excluding hydrogens is 315 g/mol. The standard InChI is InChI=1S/C17H19FN2O4/c1-11-16(19-10-23-11)17(22)20-7-5-14(21)15(6-8-20)24-13-4-2-3-12(18)9-13/h2-4,9-10,14-15,21H,5-8H2,1H3/t14-,15-/m0/s1. The number of hydrogen-bond acceptors (Lipinski definition) is 5. The predicted octanol–water partition coefficient (Wildman–Crippen LogP) is 2.17. The molecule has 2 heterocycles. The molecular formula is C17H19FN2O4. The minimum Gasteiger partial charge on any atom is -0.488 e. The van der Waals surface area contributed by atoms with E-state index in [4.69, 9.17) is 9.15 Å². The number of nitrogens with zero attached hydrogens (tertiary/aromatic N) is 2. The van der Waals surface area contributed by atoms with Gasteiger partial charge in [0.15, 0.2) is 12.1 Å². The van der Waals surface area contributed by atoms with E-state index >= 15 is 0 Å². The molecule has 3 rings (SSSR count). The fourth-order valence-corrected chi connectivity index (χ4v) is 2.78. The van der Waals surface area contributed by atoms with Crippen LogP contribution in [0.2, 0.25) is 0 Å². The zero-order chi connectivity index (χ0) is 17.1. The monoisotopic (exact) mass is 334 g/mol. The van der Waals surface area contributed by atoms with Crippen LogP contribution in [0.1, 0.15) is 29.1 Å². The fourth-order valence-electron chi connectivity index (χ4n) is 2.78.